The molecule has 0 saturated heterocycles. The molecule has 0 aromatic carbocycles. The summed E-state index contributed by atoms with van der Waals surface area (Å²) in [5.41, 5.74) is 1.62. The predicted octanol–water partition coefficient (Wildman–Crippen LogP) is 1.59. The van der Waals surface area contributed by atoms with Crippen LogP contribution in [0, 0.1) is 12.3 Å². The van der Waals surface area contributed by atoms with Crippen molar-refractivity contribution < 1.29 is 10.2 Å². The number of aromatic hydroxyl groups is 1. The van der Waals surface area contributed by atoms with E-state index in [1.54, 1.807) is 12.1 Å². The molecule has 0 aliphatic rings. The average molecular weight is 238 g/mol. The Balaban J connectivity index is 2.48. The molecular weight excluding hydrogens is 216 g/mol. The largest absolute Gasteiger partial charge is 0.506 e. The van der Waals surface area contributed by atoms with Gasteiger partial charge in [-0.2, -0.15) is 0 Å². The molecule has 1 aromatic heterocycles. The fraction of sp³-hybridized carbons (Fsp3) is 0.615. The Bertz CT molecular complexity index is 364. The molecule has 3 N–H and O–H groups in total. The van der Waals surface area contributed by atoms with Crippen molar-refractivity contribution in [2.45, 2.75) is 33.7 Å². The number of hydrogen-bond donors (Lipinski definition) is 3. The molecule has 0 radical (unpaired) electrons. The van der Waals surface area contributed by atoms with Crippen molar-refractivity contribution >= 4 is 0 Å². The number of pyridine rings is 1. The van der Waals surface area contributed by atoms with Crippen LogP contribution in [0.15, 0.2) is 12.1 Å². The molecule has 0 amide bonds. The lowest BCUT2D eigenvalue weighted by Crippen LogP contribution is -2.30. The summed E-state index contributed by atoms with van der Waals surface area (Å²) in [6.45, 7) is 7.62. The lowest BCUT2D eigenvalue weighted by atomic mass is 9.90. The summed E-state index contributed by atoms with van der Waals surface area (Å²) in [6.07, 6.45) is 0.757. The van der Waals surface area contributed by atoms with Gasteiger partial charge in [0, 0.05) is 25.4 Å². The lowest BCUT2D eigenvalue weighted by molar-refractivity contribution is 0.206. The Morgan fingerprint density at radius 2 is 2.06 bits per heavy atom. The molecule has 1 rings (SSSR count). The van der Waals surface area contributed by atoms with E-state index in [1.165, 1.54) is 0 Å². The molecule has 0 saturated carbocycles. The fourth-order valence-electron chi connectivity index (χ4n) is 1.64. The van der Waals surface area contributed by atoms with Crippen LogP contribution in [0.1, 0.15) is 31.7 Å². The number of aliphatic hydroxyl groups is 1. The topological polar surface area (TPSA) is 65.4 Å². The predicted molar refractivity (Wildman–Crippen MR) is 67.8 cm³/mol. The van der Waals surface area contributed by atoms with Crippen molar-refractivity contribution in [2.24, 2.45) is 5.41 Å². The molecule has 0 bridgehead atoms. The maximum atomic E-state index is 9.63. The van der Waals surface area contributed by atoms with Gasteiger partial charge in [-0.3, -0.25) is 4.98 Å². The van der Waals surface area contributed by atoms with Crippen LogP contribution in [0.25, 0.3) is 0 Å². The average Bonchev–Trinajstić information content (AvgIpc) is 2.23. The second kappa shape index (κ2) is 5.98. The third kappa shape index (κ3) is 4.71. The Hall–Kier alpha value is -1.13. The molecule has 96 valence electrons. The van der Waals surface area contributed by atoms with Crippen LogP contribution in [-0.2, 0) is 6.54 Å². The Labute approximate surface area is 103 Å². The third-order valence-corrected chi connectivity index (χ3v) is 2.77. The molecule has 0 aliphatic carbocycles. The minimum absolute atomic E-state index is 0.0498. The van der Waals surface area contributed by atoms with Gasteiger partial charge in [0.15, 0.2) is 0 Å². The number of aliphatic hydroxyl groups excluding tert-OH is 1. The first-order valence-corrected chi connectivity index (χ1v) is 5.92. The smallest absolute Gasteiger partial charge is 0.138 e. The number of nitrogens with zero attached hydrogens (tertiary/aromatic N) is 1. The molecule has 0 aliphatic heterocycles. The van der Waals surface area contributed by atoms with E-state index in [1.807, 2.05) is 6.92 Å². The summed E-state index contributed by atoms with van der Waals surface area (Å²) >= 11 is 0. The van der Waals surface area contributed by atoms with E-state index >= 15 is 0 Å². The van der Waals surface area contributed by atoms with Gasteiger partial charge >= 0.3 is 0 Å². The monoisotopic (exact) mass is 238 g/mol. The third-order valence-electron chi connectivity index (χ3n) is 2.77. The van der Waals surface area contributed by atoms with E-state index in [0.29, 0.717) is 12.2 Å². The van der Waals surface area contributed by atoms with Crippen LogP contribution in [0.2, 0.25) is 0 Å². The van der Waals surface area contributed by atoms with E-state index in [0.717, 1.165) is 18.7 Å². The summed E-state index contributed by atoms with van der Waals surface area (Å²) in [5.74, 6) is 0.225. The van der Waals surface area contributed by atoms with Crippen molar-refractivity contribution in [3.63, 3.8) is 0 Å². The van der Waals surface area contributed by atoms with Gasteiger partial charge < -0.3 is 15.5 Å². The van der Waals surface area contributed by atoms with E-state index in [9.17, 15) is 5.11 Å². The second-order valence-corrected chi connectivity index (χ2v) is 5.16. The van der Waals surface area contributed by atoms with Gasteiger partial charge in [0.05, 0.1) is 5.69 Å². The van der Waals surface area contributed by atoms with Gasteiger partial charge in [-0.25, -0.2) is 0 Å². The minimum Gasteiger partial charge on any atom is -0.506 e. The molecule has 0 atom stereocenters. The van der Waals surface area contributed by atoms with Crippen LogP contribution in [0.4, 0.5) is 0 Å². The minimum atomic E-state index is 0.0498. The summed E-state index contributed by atoms with van der Waals surface area (Å²) in [5, 5.41) is 21.8. The van der Waals surface area contributed by atoms with Gasteiger partial charge in [0.25, 0.3) is 0 Å². The zero-order valence-corrected chi connectivity index (χ0v) is 10.8. The van der Waals surface area contributed by atoms with E-state index in [4.69, 9.17) is 5.11 Å². The van der Waals surface area contributed by atoms with Crippen LogP contribution in [0.5, 0.6) is 5.75 Å². The van der Waals surface area contributed by atoms with Gasteiger partial charge in [-0.15, -0.1) is 0 Å². The second-order valence-electron chi connectivity index (χ2n) is 5.16. The van der Waals surface area contributed by atoms with E-state index in [2.05, 4.69) is 24.1 Å². The highest BCUT2D eigenvalue weighted by Gasteiger charge is 2.16. The number of nitrogens with one attached hydrogen (secondary N) is 1. The van der Waals surface area contributed by atoms with E-state index in [-0.39, 0.29) is 17.8 Å². The highest BCUT2D eigenvalue weighted by molar-refractivity contribution is 5.27. The van der Waals surface area contributed by atoms with Gasteiger partial charge in [-0.05, 0) is 30.9 Å². The molecule has 1 heterocycles. The van der Waals surface area contributed by atoms with Crippen LogP contribution in [0.3, 0.4) is 0 Å². The lowest BCUT2D eigenvalue weighted by Gasteiger charge is -2.23. The van der Waals surface area contributed by atoms with Gasteiger partial charge in [0.1, 0.15) is 5.75 Å². The standard InChI is InChI=1S/C13H22N2O2/c1-10-4-5-12(17)11(15-10)8-14-9-13(2,3)6-7-16/h4-5,14,16-17H,6-9H2,1-3H3. The maximum absolute atomic E-state index is 9.63. The summed E-state index contributed by atoms with van der Waals surface area (Å²) in [4.78, 5) is 4.28. The molecule has 17 heavy (non-hydrogen) atoms. The molecule has 1 aromatic rings. The van der Waals surface area contributed by atoms with Crippen molar-refractivity contribution in [3.8, 4) is 5.75 Å². The first-order chi connectivity index (χ1) is 7.94. The van der Waals surface area contributed by atoms with Gasteiger partial charge in [-0.1, -0.05) is 13.8 Å². The highest BCUT2D eigenvalue weighted by atomic mass is 16.3. The summed E-state index contributed by atoms with van der Waals surface area (Å²) in [6, 6.07) is 3.45. The number of rotatable bonds is 6. The number of aryl methyl sites for hydroxylation is 1. The van der Waals surface area contributed by atoms with Crippen LogP contribution < -0.4 is 5.32 Å². The fourth-order valence-corrected chi connectivity index (χ4v) is 1.64. The SMILES string of the molecule is Cc1ccc(O)c(CNCC(C)(C)CCO)n1. The Kier molecular flexibility index (Phi) is 4.90. The number of aromatic nitrogens is 1. The van der Waals surface area contributed by atoms with Crippen LogP contribution in [-0.4, -0.2) is 28.3 Å². The summed E-state index contributed by atoms with van der Waals surface area (Å²) in [7, 11) is 0. The molecular formula is C13H22N2O2. The first-order valence-electron chi connectivity index (χ1n) is 5.92. The zero-order chi connectivity index (χ0) is 12.9. The molecule has 4 nitrogen and oxygen atoms in total. The molecule has 4 heteroatoms. The van der Waals surface area contributed by atoms with Crippen LogP contribution >= 0.6 is 0 Å². The Morgan fingerprint density at radius 1 is 1.35 bits per heavy atom. The molecule has 0 fully saturated rings. The van der Waals surface area contributed by atoms with Crippen molar-refractivity contribution in [3.05, 3.63) is 23.5 Å². The number of hydrogen-bond acceptors (Lipinski definition) is 4. The van der Waals surface area contributed by atoms with Gasteiger partial charge in [0.2, 0.25) is 0 Å². The zero-order valence-electron chi connectivity index (χ0n) is 10.8. The highest BCUT2D eigenvalue weighted by Crippen LogP contribution is 2.19. The normalized spacial score (nSPS) is 11.8. The summed E-state index contributed by atoms with van der Waals surface area (Å²) < 4.78 is 0. The maximum Gasteiger partial charge on any atom is 0.138 e. The molecule has 0 spiro atoms. The van der Waals surface area contributed by atoms with Crippen molar-refractivity contribution in [1.82, 2.24) is 10.3 Å². The van der Waals surface area contributed by atoms with Crippen molar-refractivity contribution in [1.29, 1.82) is 0 Å². The van der Waals surface area contributed by atoms with E-state index < -0.39 is 0 Å². The molecule has 0 unspecified atom stereocenters. The quantitative estimate of drug-likeness (QED) is 0.704. The first kappa shape index (κ1) is 13.9. The van der Waals surface area contributed by atoms with Crippen molar-refractivity contribution in [2.75, 3.05) is 13.2 Å². The Morgan fingerprint density at radius 3 is 2.71 bits per heavy atom.